The lowest BCUT2D eigenvalue weighted by atomic mass is 10.0. The number of hydrogen-bond donors (Lipinski definition) is 0. The third kappa shape index (κ3) is 7.00. The first-order valence-electron chi connectivity index (χ1n) is 8.22. The van der Waals surface area contributed by atoms with Crippen molar-refractivity contribution in [3.05, 3.63) is 57.3 Å². The molecule has 0 aliphatic carbocycles. The van der Waals surface area contributed by atoms with Crippen LogP contribution in [0.5, 0.6) is 0 Å². The van der Waals surface area contributed by atoms with Crippen molar-refractivity contribution in [3.63, 3.8) is 0 Å². The summed E-state index contributed by atoms with van der Waals surface area (Å²) in [5.41, 5.74) is 10.1. The van der Waals surface area contributed by atoms with Gasteiger partial charge in [-0.3, -0.25) is 10.1 Å². The molecule has 1 rings (SSSR count). The number of non-ortho nitro benzene ring substituents is 1. The van der Waals surface area contributed by atoms with E-state index in [-0.39, 0.29) is 23.9 Å². The van der Waals surface area contributed by atoms with Gasteiger partial charge in [-0.1, -0.05) is 13.8 Å². The highest BCUT2D eigenvalue weighted by Gasteiger charge is 2.28. The summed E-state index contributed by atoms with van der Waals surface area (Å²) in [6.45, 7) is 7.80. The Morgan fingerprint density at radius 2 is 1.96 bits per heavy atom. The first kappa shape index (κ1) is 21.3. The molecular weight excluding hydrogens is 354 g/mol. The largest absolute Gasteiger partial charge is 0.552 e. The van der Waals surface area contributed by atoms with Gasteiger partial charge in [0.05, 0.1) is 16.8 Å². The Morgan fingerprint density at radius 3 is 2.42 bits per heavy atom. The zero-order chi connectivity index (χ0) is 19.7. The Morgan fingerprint density at radius 1 is 1.35 bits per heavy atom. The molecule has 1 aromatic carbocycles. The normalized spacial score (nSPS) is 11.2. The van der Waals surface area contributed by atoms with Crippen molar-refractivity contribution in [3.8, 4) is 0 Å². The minimum Gasteiger partial charge on any atom is -0.552 e. The van der Waals surface area contributed by atoms with E-state index >= 15 is 0 Å². The van der Waals surface area contributed by atoms with E-state index in [4.69, 9.17) is 9.16 Å². The van der Waals surface area contributed by atoms with Gasteiger partial charge in [0.2, 0.25) is 9.04 Å². The minimum absolute atomic E-state index is 0.0464. The minimum atomic E-state index is -1.35. The molecule has 0 N–H and O–H groups in total. The van der Waals surface area contributed by atoms with Gasteiger partial charge in [-0.2, -0.15) is 4.79 Å². The molecule has 0 aromatic heterocycles. The Balaban J connectivity index is 2.84. The molecule has 0 bridgehead atoms. The average molecular weight is 377 g/mol. The van der Waals surface area contributed by atoms with Crippen LogP contribution in [0.3, 0.4) is 0 Å². The summed E-state index contributed by atoms with van der Waals surface area (Å²) in [7, 11) is -1.35. The van der Waals surface area contributed by atoms with Gasteiger partial charge in [0, 0.05) is 12.1 Å². The number of benzene rings is 1. The molecule has 0 radical (unpaired) electrons. The van der Waals surface area contributed by atoms with Crippen LogP contribution in [0.25, 0.3) is 5.53 Å². The van der Waals surface area contributed by atoms with Crippen molar-refractivity contribution >= 4 is 26.4 Å². The summed E-state index contributed by atoms with van der Waals surface area (Å²) in [4.78, 5) is 25.5. The highest BCUT2D eigenvalue weighted by atomic mass is 28.3. The van der Waals surface area contributed by atoms with Gasteiger partial charge in [0.25, 0.3) is 5.69 Å². The molecule has 0 saturated carbocycles. The van der Waals surface area contributed by atoms with E-state index in [9.17, 15) is 20.4 Å². The molecule has 1 aromatic rings. The average Bonchev–Trinajstić information content (AvgIpc) is 2.58. The predicted molar refractivity (Wildman–Crippen MR) is 99.0 cm³/mol. The molecule has 0 atom stereocenters. The van der Waals surface area contributed by atoms with Crippen molar-refractivity contribution in [2.24, 2.45) is 5.92 Å². The Bertz CT molecular complexity index is 722. The van der Waals surface area contributed by atoms with Crippen LogP contribution in [0.2, 0.25) is 13.1 Å². The predicted octanol–water partition coefficient (Wildman–Crippen LogP) is 3.24. The number of carbonyl (C=O) groups excluding carboxylic acids is 1. The van der Waals surface area contributed by atoms with Gasteiger partial charge < -0.3 is 14.7 Å². The van der Waals surface area contributed by atoms with Crippen LogP contribution < -0.4 is 0 Å². The first-order chi connectivity index (χ1) is 12.2. The third-order valence-electron chi connectivity index (χ3n) is 3.23. The number of hydrogen-bond acceptors (Lipinski definition) is 5. The number of nitrogens with zero attached hydrogens (tertiary/aromatic N) is 3. The smallest absolute Gasteiger partial charge is 0.422 e. The van der Waals surface area contributed by atoms with Gasteiger partial charge in [0.15, 0.2) is 0 Å². The van der Waals surface area contributed by atoms with Crippen LogP contribution in [-0.4, -0.2) is 30.4 Å². The standard InChI is InChI=1S/C17H23N3O5Si/c1-12(2)9-14(11-25-26(3)4)16(19-18)17(21)24-10-13-5-7-15(8-6-13)20(22)23/h5-8,11-12,26H,9-10H2,1-4H3. The van der Waals surface area contributed by atoms with Gasteiger partial charge in [-0.15, -0.1) is 0 Å². The molecular formula is C17H23N3O5Si. The number of nitro benzene ring substituents is 1. The SMILES string of the molecule is CC(C)CC(=CO[SiH](C)C)C(=[N+]=[N-])C(=O)OCc1ccc([N+](=O)[O-])cc1. The number of esters is 1. The van der Waals surface area contributed by atoms with Gasteiger partial charge in [0.1, 0.15) is 6.61 Å². The van der Waals surface area contributed by atoms with E-state index in [1.807, 2.05) is 26.9 Å². The van der Waals surface area contributed by atoms with Crippen molar-refractivity contribution in [2.75, 3.05) is 0 Å². The Hall–Kier alpha value is -2.77. The molecule has 0 unspecified atom stereocenters. The monoisotopic (exact) mass is 377 g/mol. The van der Waals surface area contributed by atoms with E-state index in [0.717, 1.165) is 0 Å². The van der Waals surface area contributed by atoms with E-state index in [0.29, 0.717) is 17.6 Å². The molecule has 8 nitrogen and oxygen atoms in total. The van der Waals surface area contributed by atoms with Crippen LogP contribution in [0.4, 0.5) is 5.69 Å². The zero-order valence-corrected chi connectivity index (χ0v) is 16.5. The molecule has 0 aliphatic heterocycles. The van der Waals surface area contributed by atoms with Gasteiger partial charge >= 0.3 is 11.7 Å². The highest BCUT2D eigenvalue weighted by Crippen LogP contribution is 2.15. The summed E-state index contributed by atoms with van der Waals surface area (Å²) in [5.74, 6) is -0.565. The first-order valence-corrected chi connectivity index (χ1v) is 11.0. The number of ether oxygens (including phenoxy) is 1. The van der Waals surface area contributed by atoms with Crippen LogP contribution in [0.15, 0.2) is 36.1 Å². The molecule has 140 valence electrons. The molecule has 0 fully saturated rings. The summed E-state index contributed by atoms with van der Waals surface area (Å²) < 4.78 is 10.7. The maximum atomic E-state index is 12.3. The van der Waals surface area contributed by atoms with Crippen molar-refractivity contribution in [2.45, 2.75) is 40.0 Å². The van der Waals surface area contributed by atoms with Gasteiger partial charge in [-0.05, 0) is 43.1 Å². The van der Waals surface area contributed by atoms with Crippen LogP contribution >= 0.6 is 0 Å². The number of rotatable bonds is 9. The lowest BCUT2D eigenvalue weighted by Gasteiger charge is -2.09. The second-order valence-corrected chi connectivity index (χ2v) is 8.74. The van der Waals surface area contributed by atoms with Crippen molar-refractivity contribution in [1.29, 1.82) is 0 Å². The summed E-state index contributed by atoms with van der Waals surface area (Å²) in [6, 6.07) is 5.66. The lowest BCUT2D eigenvalue weighted by Crippen LogP contribution is -2.22. The van der Waals surface area contributed by atoms with Crippen LogP contribution in [-0.2, 0) is 20.6 Å². The van der Waals surface area contributed by atoms with Crippen molar-refractivity contribution < 1.29 is 23.7 Å². The van der Waals surface area contributed by atoms with E-state index < -0.39 is 19.9 Å². The molecule has 0 spiro atoms. The molecule has 0 heterocycles. The third-order valence-corrected chi connectivity index (χ3v) is 3.91. The lowest BCUT2D eigenvalue weighted by molar-refractivity contribution is -0.384. The van der Waals surface area contributed by atoms with E-state index in [1.165, 1.54) is 30.5 Å². The Labute approximate surface area is 153 Å². The highest BCUT2D eigenvalue weighted by molar-refractivity contribution is 6.48. The molecule has 9 heteroatoms. The van der Waals surface area contributed by atoms with E-state index in [2.05, 4.69) is 4.79 Å². The Kier molecular flexibility index (Phi) is 8.40. The molecule has 26 heavy (non-hydrogen) atoms. The maximum Gasteiger partial charge on any atom is 0.422 e. The molecule has 0 saturated heterocycles. The zero-order valence-electron chi connectivity index (χ0n) is 15.3. The van der Waals surface area contributed by atoms with Crippen LogP contribution in [0.1, 0.15) is 25.8 Å². The van der Waals surface area contributed by atoms with Crippen molar-refractivity contribution in [1.82, 2.24) is 0 Å². The number of carbonyl (C=O) groups is 1. The second-order valence-electron chi connectivity index (χ2n) is 6.37. The fourth-order valence-electron chi connectivity index (χ4n) is 2.03. The molecule has 0 amide bonds. The van der Waals surface area contributed by atoms with E-state index in [1.54, 1.807) is 0 Å². The topological polar surface area (TPSA) is 115 Å². The second kappa shape index (κ2) is 10.3. The maximum absolute atomic E-state index is 12.3. The fourth-order valence-corrected chi connectivity index (χ4v) is 2.46. The summed E-state index contributed by atoms with van der Waals surface area (Å²) >= 11 is 0. The quantitative estimate of drug-likeness (QED) is 0.0957. The summed E-state index contributed by atoms with van der Waals surface area (Å²) in [5, 5.41) is 10.6. The summed E-state index contributed by atoms with van der Waals surface area (Å²) in [6.07, 6.45) is 1.96. The van der Waals surface area contributed by atoms with Gasteiger partial charge in [-0.25, -0.2) is 4.79 Å². The van der Waals surface area contributed by atoms with Crippen LogP contribution in [0, 0.1) is 16.0 Å². The number of nitro groups is 1. The molecule has 0 aliphatic rings. The fraction of sp³-hybridized carbons (Fsp3) is 0.412.